The van der Waals surface area contributed by atoms with Crippen LogP contribution in [-0.4, -0.2) is 20.3 Å². The molecule has 0 amide bonds. The first-order valence-corrected chi connectivity index (χ1v) is 9.57. The zero-order valence-corrected chi connectivity index (χ0v) is 16.1. The van der Waals surface area contributed by atoms with E-state index in [1.807, 2.05) is 0 Å². The van der Waals surface area contributed by atoms with Gasteiger partial charge in [-0.15, -0.1) is 10.2 Å². The van der Waals surface area contributed by atoms with Gasteiger partial charge in [0.05, 0.1) is 5.56 Å². The molecule has 1 aliphatic carbocycles. The smallest absolute Gasteiger partial charge is 0.416 e. The number of fused-ring (bicyclic) bond motifs is 1. The van der Waals surface area contributed by atoms with Gasteiger partial charge in [-0.3, -0.25) is 0 Å². The highest BCUT2D eigenvalue weighted by Crippen LogP contribution is 2.38. The van der Waals surface area contributed by atoms with Crippen molar-refractivity contribution in [2.45, 2.75) is 51.6 Å². The van der Waals surface area contributed by atoms with E-state index in [0.29, 0.717) is 22.7 Å². The summed E-state index contributed by atoms with van der Waals surface area (Å²) in [7, 11) is 0. The lowest BCUT2D eigenvalue weighted by Gasteiger charge is -2.11. The molecule has 1 aromatic carbocycles. The summed E-state index contributed by atoms with van der Waals surface area (Å²) in [6, 6.07) is 6.09. The molecule has 4 rings (SSSR count). The molecule has 3 aromatic rings. The molecular weight excluding hydrogens is 381 g/mol. The lowest BCUT2D eigenvalue weighted by molar-refractivity contribution is -0.137. The van der Waals surface area contributed by atoms with E-state index in [2.05, 4.69) is 15.2 Å². The van der Waals surface area contributed by atoms with Crippen molar-refractivity contribution in [3.63, 3.8) is 0 Å². The molecule has 1 aliphatic rings. The fourth-order valence-corrected chi connectivity index (χ4v) is 3.32. The maximum absolute atomic E-state index is 12.7. The van der Waals surface area contributed by atoms with Gasteiger partial charge in [0.25, 0.3) is 0 Å². The standard InChI is InChI=1S/C15H11F3N4O.C6H12/c1-7-2-4-10-12(21-22-14(19)13(10)20-7)9-5-3-8(6-11(9)23)15(16,17)18;1-2-4-6-5-3-1/h2-6,23H,1H3,(H2,19,22);1-6H2. The molecule has 1 fully saturated rings. The minimum absolute atomic E-state index is 0.110. The highest BCUT2D eigenvalue weighted by atomic mass is 19.4. The Morgan fingerprint density at radius 1 is 0.931 bits per heavy atom. The summed E-state index contributed by atoms with van der Waals surface area (Å²) >= 11 is 0. The van der Waals surface area contributed by atoms with Gasteiger partial charge >= 0.3 is 6.18 Å². The Morgan fingerprint density at radius 3 is 2.10 bits per heavy atom. The Hall–Kier alpha value is -2.90. The predicted molar refractivity (Wildman–Crippen MR) is 106 cm³/mol. The Bertz CT molecular complexity index is 990. The average Bonchev–Trinajstić information content (AvgIpc) is 2.70. The second-order valence-corrected chi connectivity index (χ2v) is 7.13. The van der Waals surface area contributed by atoms with Crippen molar-refractivity contribution >= 4 is 16.7 Å². The van der Waals surface area contributed by atoms with Crippen LogP contribution in [0.2, 0.25) is 0 Å². The summed E-state index contributed by atoms with van der Waals surface area (Å²) < 4.78 is 38.1. The van der Waals surface area contributed by atoms with Crippen molar-refractivity contribution in [2.24, 2.45) is 0 Å². The van der Waals surface area contributed by atoms with Gasteiger partial charge in [-0.05, 0) is 37.3 Å². The van der Waals surface area contributed by atoms with Crippen molar-refractivity contribution in [1.29, 1.82) is 0 Å². The van der Waals surface area contributed by atoms with Crippen molar-refractivity contribution in [3.05, 3.63) is 41.6 Å². The van der Waals surface area contributed by atoms with Gasteiger partial charge < -0.3 is 10.8 Å². The monoisotopic (exact) mass is 404 g/mol. The number of aromatic nitrogens is 3. The number of pyridine rings is 1. The van der Waals surface area contributed by atoms with E-state index >= 15 is 0 Å². The normalized spacial score (nSPS) is 14.3. The van der Waals surface area contributed by atoms with Gasteiger partial charge in [0, 0.05) is 16.6 Å². The first-order chi connectivity index (χ1) is 13.8. The third-order valence-corrected chi connectivity index (χ3v) is 4.87. The summed E-state index contributed by atoms with van der Waals surface area (Å²) in [5.41, 5.74) is 6.23. The Morgan fingerprint density at radius 2 is 1.55 bits per heavy atom. The number of alkyl halides is 3. The summed E-state index contributed by atoms with van der Waals surface area (Å²) in [4.78, 5) is 4.26. The quantitative estimate of drug-likeness (QED) is 0.548. The fourth-order valence-electron chi connectivity index (χ4n) is 3.32. The minimum atomic E-state index is -4.54. The third-order valence-electron chi connectivity index (χ3n) is 4.87. The highest BCUT2D eigenvalue weighted by molar-refractivity contribution is 5.98. The number of phenols is 1. The molecule has 3 N–H and O–H groups in total. The van der Waals surface area contributed by atoms with Crippen LogP contribution >= 0.6 is 0 Å². The van der Waals surface area contributed by atoms with Crippen LogP contribution in [0.5, 0.6) is 5.75 Å². The van der Waals surface area contributed by atoms with Crippen LogP contribution < -0.4 is 5.73 Å². The van der Waals surface area contributed by atoms with Gasteiger partial charge in [0.1, 0.15) is 17.0 Å². The van der Waals surface area contributed by atoms with Crippen LogP contribution in [0.25, 0.3) is 22.2 Å². The lowest BCUT2D eigenvalue weighted by Crippen LogP contribution is -2.05. The number of nitrogen functional groups attached to an aromatic ring is 1. The van der Waals surface area contributed by atoms with Crippen molar-refractivity contribution in [1.82, 2.24) is 15.2 Å². The van der Waals surface area contributed by atoms with Gasteiger partial charge in [-0.2, -0.15) is 13.2 Å². The van der Waals surface area contributed by atoms with Crippen LogP contribution in [0.4, 0.5) is 19.0 Å². The Kier molecular flexibility index (Phi) is 6.20. The third kappa shape index (κ3) is 4.93. The van der Waals surface area contributed by atoms with E-state index in [1.54, 1.807) is 19.1 Å². The van der Waals surface area contributed by atoms with Gasteiger partial charge in [-0.1, -0.05) is 38.5 Å². The number of halogens is 3. The lowest BCUT2D eigenvalue weighted by atomic mass is 10.0. The molecule has 0 atom stereocenters. The molecule has 8 heteroatoms. The summed E-state index contributed by atoms with van der Waals surface area (Å²) in [6.07, 6.45) is 4.46. The van der Waals surface area contributed by atoms with Crippen LogP contribution in [0.3, 0.4) is 0 Å². The zero-order chi connectivity index (χ0) is 21.0. The maximum atomic E-state index is 12.7. The number of benzene rings is 1. The number of aromatic hydroxyl groups is 1. The predicted octanol–water partition coefficient (Wildman–Crippen LogP) is 5.65. The Labute approximate surface area is 166 Å². The highest BCUT2D eigenvalue weighted by Gasteiger charge is 2.31. The fraction of sp³-hybridized carbons (Fsp3) is 0.381. The molecule has 1 saturated carbocycles. The molecule has 154 valence electrons. The van der Waals surface area contributed by atoms with Crippen LogP contribution in [-0.2, 0) is 6.18 Å². The number of phenolic OH excluding ortho intramolecular Hbond substituents is 1. The molecule has 0 spiro atoms. The number of rotatable bonds is 1. The van der Waals surface area contributed by atoms with Crippen LogP contribution in [0.1, 0.15) is 49.8 Å². The van der Waals surface area contributed by atoms with E-state index in [0.717, 1.165) is 12.1 Å². The van der Waals surface area contributed by atoms with Crippen molar-refractivity contribution < 1.29 is 18.3 Å². The second kappa shape index (κ2) is 8.63. The van der Waals surface area contributed by atoms with Gasteiger partial charge in [0.2, 0.25) is 0 Å². The minimum Gasteiger partial charge on any atom is -0.507 e. The second-order valence-electron chi connectivity index (χ2n) is 7.13. The molecule has 5 nitrogen and oxygen atoms in total. The summed E-state index contributed by atoms with van der Waals surface area (Å²) in [5.74, 6) is -0.431. The number of nitrogens with two attached hydrogens (primary N) is 1. The largest absolute Gasteiger partial charge is 0.507 e. The number of nitrogens with zero attached hydrogens (tertiary/aromatic N) is 3. The molecule has 29 heavy (non-hydrogen) atoms. The van der Waals surface area contributed by atoms with Crippen molar-refractivity contribution in [2.75, 3.05) is 5.73 Å². The molecule has 0 radical (unpaired) electrons. The van der Waals surface area contributed by atoms with Gasteiger partial charge in [-0.25, -0.2) is 4.98 Å². The first kappa shape index (κ1) is 20.8. The van der Waals surface area contributed by atoms with Crippen molar-refractivity contribution in [3.8, 4) is 17.0 Å². The maximum Gasteiger partial charge on any atom is 0.416 e. The summed E-state index contributed by atoms with van der Waals surface area (Å²) in [5, 5.41) is 18.1. The van der Waals surface area contributed by atoms with E-state index in [4.69, 9.17) is 5.73 Å². The van der Waals surface area contributed by atoms with E-state index < -0.39 is 17.5 Å². The van der Waals surface area contributed by atoms with E-state index in [1.165, 1.54) is 38.5 Å². The van der Waals surface area contributed by atoms with Crippen LogP contribution in [0.15, 0.2) is 30.3 Å². The zero-order valence-electron chi connectivity index (χ0n) is 16.1. The van der Waals surface area contributed by atoms with Crippen LogP contribution in [0, 0.1) is 6.92 Å². The molecular formula is C21H23F3N4O. The molecule has 0 bridgehead atoms. The molecule has 0 unspecified atom stereocenters. The van der Waals surface area contributed by atoms with Gasteiger partial charge in [0.15, 0.2) is 5.82 Å². The van der Waals surface area contributed by atoms with E-state index in [-0.39, 0.29) is 17.1 Å². The SMILES string of the molecule is C1CCCCC1.Cc1ccc2c(-c3ccc(C(F)(F)F)cc3O)nnc(N)c2n1. The van der Waals surface area contributed by atoms with E-state index in [9.17, 15) is 18.3 Å². The average molecular weight is 404 g/mol. The number of hydrogen-bond acceptors (Lipinski definition) is 5. The Balaban J connectivity index is 0.000000343. The first-order valence-electron chi connectivity index (χ1n) is 9.57. The number of hydrogen-bond donors (Lipinski definition) is 2. The molecule has 0 saturated heterocycles. The number of anilines is 1. The molecule has 2 heterocycles. The summed E-state index contributed by atoms with van der Waals surface area (Å²) in [6.45, 7) is 1.77. The molecule has 2 aromatic heterocycles. The topological polar surface area (TPSA) is 84.9 Å². The number of aryl methyl sites for hydroxylation is 1. The molecule has 0 aliphatic heterocycles.